The second kappa shape index (κ2) is 7.08. The summed E-state index contributed by atoms with van der Waals surface area (Å²) in [4.78, 5) is 4.52. The highest BCUT2D eigenvalue weighted by atomic mass is 32.2. The Hall–Kier alpha value is -0.460. The lowest BCUT2D eigenvalue weighted by molar-refractivity contribution is 0.179. The molecule has 0 heterocycles. The zero-order valence-corrected chi connectivity index (χ0v) is 11.8. The molecule has 0 aliphatic heterocycles. The molecule has 100 valence electrons. The van der Waals surface area contributed by atoms with E-state index in [0.717, 1.165) is 6.54 Å². The van der Waals surface area contributed by atoms with E-state index in [9.17, 15) is 0 Å². The smallest absolute Gasteiger partial charge is 0.206 e. The molecule has 1 unspecified atom stereocenters. The molecule has 0 aromatic rings. The van der Waals surface area contributed by atoms with Crippen molar-refractivity contribution in [1.82, 2.24) is 10.7 Å². The van der Waals surface area contributed by atoms with Crippen molar-refractivity contribution in [2.75, 3.05) is 26.5 Å². The largest absolute Gasteiger partial charge is 0.383 e. The predicted octanol–water partition coefficient (Wildman–Crippen LogP) is 0.716. The van der Waals surface area contributed by atoms with Gasteiger partial charge in [-0.3, -0.25) is 10.4 Å². The first-order valence-corrected chi connectivity index (χ1v) is 7.20. The minimum Gasteiger partial charge on any atom is -0.383 e. The molecule has 1 aliphatic rings. The van der Waals surface area contributed by atoms with Gasteiger partial charge in [0.1, 0.15) is 0 Å². The Labute approximate surface area is 108 Å². The van der Waals surface area contributed by atoms with Gasteiger partial charge in [-0.05, 0) is 26.0 Å². The summed E-state index contributed by atoms with van der Waals surface area (Å²) in [6.45, 7) is 3.48. The average Bonchev–Trinajstić information content (AvgIpc) is 2.27. The molecule has 0 aromatic carbocycles. The number of aliphatic imine (C=N–C) groups is 1. The van der Waals surface area contributed by atoms with E-state index in [2.05, 4.69) is 22.0 Å². The first-order chi connectivity index (χ1) is 8.15. The van der Waals surface area contributed by atoms with Crippen molar-refractivity contribution >= 4 is 17.7 Å². The van der Waals surface area contributed by atoms with Gasteiger partial charge >= 0.3 is 0 Å². The lowest BCUT2D eigenvalue weighted by Crippen LogP contribution is -2.48. The Balaban J connectivity index is 2.43. The van der Waals surface area contributed by atoms with E-state index in [1.54, 1.807) is 7.11 Å². The van der Waals surface area contributed by atoms with Crippen molar-refractivity contribution in [3.63, 3.8) is 0 Å². The summed E-state index contributed by atoms with van der Waals surface area (Å²) in [5.74, 6) is 6.10. The van der Waals surface area contributed by atoms with Gasteiger partial charge in [0, 0.05) is 17.9 Å². The summed E-state index contributed by atoms with van der Waals surface area (Å²) in [6.07, 6.45) is 5.98. The fourth-order valence-corrected chi connectivity index (χ4v) is 2.77. The molecule has 0 aromatic heterocycles. The lowest BCUT2D eigenvalue weighted by atomic mass is 9.84. The Morgan fingerprint density at radius 1 is 1.59 bits per heavy atom. The topological polar surface area (TPSA) is 71.7 Å². The summed E-state index contributed by atoms with van der Waals surface area (Å²) in [5, 5.41) is 3.19. The van der Waals surface area contributed by atoms with Gasteiger partial charge in [0.2, 0.25) is 5.96 Å². The number of hydrogen-bond acceptors (Lipinski definition) is 4. The molecule has 0 saturated heterocycles. The number of nitrogens with two attached hydrogens (primary N) is 1. The molecule has 1 fully saturated rings. The van der Waals surface area contributed by atoms with E-state index in [1.807, 2.05) is 18.7 Å². The molecule has 1 saturated carbocycles. The Morgan fingerprint density at radius 3 is 2.71 bits per heavy atom. The van der Waals surface area contributed by atoms with Gasteiger partial charge < -0.3 is 10.1 Å². The molecule has 1 rings (SSSR count). The third-order valence-corrected chi connectivity index (χ3v) is 4.56. The molecule has 17 heavy (non-hydrogen) atoms. The van der Waals surface area contributed by atoms with Gasteiger partial charge in [0.15, 0.2) is 0 Å². The number of methoxy groups -OCH3 is 1. The van der Waals surface area contributed by atoms with Gasteiger partial charge in [-0.25, -0.2) is 5.84 Å². The van der Waals surface area contributed by atoms with Crippen LogP contribution in [0, 0.1) is 0 Å². The predicted molar refractivity (Wildman–Crippen MR) is 74.2 cm³/mol. The quantitative estimate of drug-likeness (QED) is 0.284. The van der Waals surface area contributed by atoms with Gasteiger partial charge in [0.25, 0.3) is 0 Å². The van der Waals surface area contributed by atoms with Crippen LogP contribution in [0.3, 0.4) is 0 Å². The minimum atomic E-state index is 0.196. The molecular weight excluding hydrogens is 236 g/mol. The Kier molecular flexibility index (Phi) is 6.08. The van der Waals surface area contributed by atoms with E-state index in [4.69, 9.17) is 10.6 Å². The van der Waals surface area contributed by atoms with E-state index in [0.29, 0.717) is 17.3 Å². The Morgan fingerprint density at radius 2 is 2.29 bits per heavy atom. The van der Waals surface area contributed by atoms with Crippen LogP contribution in [0.15, 0.2) is 4.99 Å². The maximum atomic E-state index is 5.46. The number of ether oxygens (including phenoxy) is 1. The number of rotatable bonds is 6. The summed E-state index contributed by atoms with van der Waals surface area (Å²) >= 11 is 1.91. The molecule has 6 heteroatoms. The monoisotopic (exact) mass is 260 g/mol. The highest BCUT2D eigenvalue weighted by Crippen LogP contribution is 2.42. The molecule has 0 spiro atoms. The highest BCUT2D eigenvalue weighted by molar-refractivity contribution is 8.00. The summed E-state index contributed by atoms with van der Waals surface area (Å²) in [7, 11) is 1.68. The van der Waals surface area contributed by atoms with Crippen LogP contribution in [0.5, 0.6) is 0 Å². The maximum Gasteiger partial charge on any atom is 0.206 e. The van der Waals surface area contributed by atoms with Crippen molar-refractivity contribution in [2.24, 2.45) is 10.8 Å². The standard InChI is InChI=1S/C11H24N4OS/c1-9(7-16-2)14-10(15-12)13-8-11(17-3)5-4-6-11/h9H,4-8,12H2,1-3H3,(H2,13,14,15). The van der Waals surface area contributed by atoms with Gasteiger partial charge in [-0.15, -0.1) is 0 Å². The lowest BCUT2D eigenvalue weighted by Gasteiger charge is -2.39. The van der Waals surface area contributed by atoms with Crippen LogP contribution in [0.1, 0.15) is 26.2 Å². The van der Waals surface area contributed by atoms with Crippen LogP contribution in [0.4, 0.5) is 0 Å². The fourth-order valence-electron chi connectivity index (χ4n) is 1.88. The zero-order chi connectivity index (χ0) is 12.7. The third-order valence-electron chi connectivity index (χ3n) is 3.16. The average molecular weight is 260 g/mol. The second-order valence-corrected chi connectivity index (χ2v) is 5.82. The summed E-state index contributed by atoms with van der Waals surface area (Å²) < 4.78 is 5.40. The first-order valence-electron chi connectivity index (χ1n) is 5.97. The molecular formula is C11H24N4OS. The van der Waals surface area contributed by atoms with Crippen molar-refractivity contribution < 1.29 is 4.74 Å². The van der Waals surface area contributed by atoms with Crippen LogP contribution in [0.2, 0.25) is 0 Å². The number of thioether (sulfide) groups is 1. The van der Waals surface area contributed by atoms with Crippen molar-refractivity contribution in [3.8, 4) is 0 Å². The van der Waals surface area contributed by atoms with E-state index >= 15 is 0 Å². The van der Waals surface area contributed by atoms with Crippen LogP contribution in [-0.4, -0.2) is 43.3 Å². The molecule has 1 atom stereocenters. The van der Waals surface area contributed by atoms with Gasteiger partial charge in [-0.1, -0.05) is 6.42 Å². The minimum absolute atomic E-state index is 0.196. The first kappa shape index (κ1) is 14.6. The number of nitrogens with zero attached hydrogens (tertiary/aromatic N) is 1. The molecule has 4 N–H and O–H groups in total. The van der Waals surface area contributed by atoms with E-state index in [-0.39, 0.29) is 6.04 Å². The number of hydrogen-bond donors (Lipinski definition) is 3. The summed E-state index contributed by atoms with van der Waals surface area (Å²) in [5.41, 5.74) is 2.61. The molecule has 1 aliphatic carbocycles. The van der Waals surface area contributed by atoms with Crippen molar-refractivity contribution in [2.45, 2.75) is 37.0 Å². The Bertz CT molecular complexity index is 250. The fraction of sp³-hybridized carbons (Fsp3) is 0.909. The molecule has 5 nitrogen and oxygen atoms in total. The zero-order valence-electron chi connectivity index (χ0n) is 11.0. The second-order valence-electron chi connectivity index (χ2n) is 4.55. The number of nitrogens with one attached hydrogen (secondary N) is 2. The third kappa shape index (κ3) is 4.37. The SMILES string of the molecule is COCC(C)NC(=NCC1(SC)CCC1)NN. The van der Waals surface area contributed by atoms with Crippen molar-refractivity contribution in [1.29, 1.82) is 0 Å². The maximum absolute atomic E-state index is 5.46. The molecule has 0 amide bonds. The van der Waals surface area contributed by atoms with Crippen LogP contribution in [0.25, 0.3) is 0 Å². The van der Waals surface area contributed by atoms with E-state index < -0.39 is 0 Å². The van der Waals surface area contributed by atoms with Gasteiger partial charge in [-0.2, -0.15) is 11.8 Å². The number of guanidine groups is 1. The van der Waals surface area contributed by atoms with Crippen molar-refractivity contribution in [3.05, 3.63) is 0 Å². The van der Waals surface area contributed by atoms with Crippen LogP contribution < -0.4 is 16.6 Å². The molecule has 0 radical (unpaired) electrons. The summed E-state index contributed by atoms with van der Waals surface area (Å²) in [6, 6.07) is 0.196. The molecule has 0 bridgehead atoms. The normalized spacial score (nSPS) is 20.6. The van der Waals surface area contributed by atoms with Crippen LogP contribution in [-0.2, 0) is 4.74 Å². The van der Waals surface area contributed by atoms with E-state index in [1.165, 1.54) is 19.3 Å². The number of hydrazine groups is 1. The van der Waals surface area contributed by atoms with Gasteiger partial charge in [0.05, 0.1) is 13.2 Å². The highest BCUT2D eigenvalue weighted by Gasteiger charge is 2.35. The van der Waals surface area contributed by atoms with Crippen LogP contribution >= 0.6 is 11.8 Å².